The molecule has 2 aromatic rings. The molecule has 8 nitrogen and oxygen atoms in total. The highest BCUT2D eigenvalue weighted by Crippen LogP contribution is 2.21. The topological polar surface area (TPSA) is 94.9 Å². The molecule has 2 aliphatic rings. The molecule has 3 atom stereocenters. The third-order valence-corrected chi connectivity index (χ3v) is 6.86. The number of ketones is 1. The molecule has 2 fully saturated rings. The van der Waals surface area contributed by atoms with Crippen LogP contribution >= 0.6 is 0 Å². The monoisotopic (exact) mass is 490 g/mol. The molecule has 3 unspecified atom stereocenters. The minimum absolute atomic E-state index is 0.0310. The third kappa shape index (κ3) is 6.91. The second kappa shape index (κ2) is 12.1. The van der Waals surface area contributed by atoms with Gasteiger partial charge in [-0.1, -0.05) is 19.1 Å². The number of nitriles is 1. The summed E-state index contributed by atoms with van der Waals surface area (Å²) in [5.41, 5.74) is 2.37. The summed E-state index contributed by atoms with van der Waals surface area (Å²) in [6.07, 6.45) is 0.541. The molecule has 0 aromatic heterocycles. The van der Waals surface area contributed by atoms with Gasteiger partial charge in [0.05, 0.1) is 37.5 Å². The van der Waals surface area contributed by atoms with Crippen LogP contribution in [0.2, 0.25) is 0 Å². The van der Waals surface area contributed by atoms with E-state index in [-0.39, 0.29) is 29.8 Å². The minimum atomic E-state index is 0.0310. The summed E-state index contributed by atoms with van der Waals surface area (Å²) in [4.78, 5) is 29.7. The molecule has 36 heavy (non-hydrogen) atoms. The zero-order valence-corrected chi connectivity index (χ0v) is 21.0. The van der Waals surface area contributed by atoms with Crippen LogP contribution in [-0.4, -0.2) is 86.6 Å². The number of rotatable bonds is 10. The molecule has 2 bridgehead atoms. The van der Waals surface area contributed by atoms with Gasteiger partial charge in [-0.2, -0.15) is 5.26 Å². The Morgan fingerprint density at radius 1 is 1.06 bits per heavy atom. The zero-order valence-electron chi connectivity index (χ0n) is 21.0. The molecule has 0 radical (unpaired) electrons. The summed E-state index contributed by atoms with van der Waals surface area (Å²) in [5.74, 6) is 0.965. The Morgan fingerprint density at radius 3 is 2.31 bits per heavy atom. The summed E-state index contributed by atoms with van der Waals surface area (Å²) in [6.45, 7) is 6.82. The molecule has 190 valence electrons. The first-order valence-corrected chi connectivity index (χ1v) is 12.5. The molecule has 1 amide bonds. The molecule has 2 saturated heterocycles. The maximum Gasteiger partial charge on any atom is 0.220 e. The number of hydrogen-bond donors (Lipinski definition) is 1. The van der Waals surface area contributed by atoms with Gasteiger partial charge >= 0.3 is 0 Å². The van der Waals surface area contributed by atoms with Crippen LogP contribution in [0.1, 0.15) is 40.7 Å². The largest absolute Gasteiger partial charge is 0.497 e. The fourth-order valence-electron chi connectivity index (χ4n) is 4.95. The highest BCUT2D eigenvalue weighted by Gasteiger charge is 2.35. The van der Waals surface area contributed by atoms with Gasteiger partial charge < -0.3 is 14.8 Å². The Morgan fingerprint density at radius 2 is 1.69 bits per heavy atom. The first-order valence-electron chi connectivity index (χ1n) is 12.5. The van der Waals surface area contributed by atoms with E-state index in [2.05, 4.69) is 21.2 Å². The smallest absolute Gasteiger partial charge is 0.220 e. The molecule has 0 spiro atoms. The van der Waals surface area contributed by atoms with E-state index in [0.717, 1.165) is 44.0 Å². The number of ether oxygens (including phenoxy) is 2. The lowest BCUT2D eigenvalue weighted by Crippen LogP contribution is -2.60. The minimum Gasteiger partial charge on any atom is -0.497 e. The molecule has 0 saturated carbocycles. The number of fused-ring (bicyclic) bond motifs is 2. The van der Waals surface area contributed by atoms with E-state index in [4.69, 9.17) is 14.7 Å². The molecule has 1 N–H and O–H groups in total. The first-order chi connectivity index (χ1) is 17.4. The van der Waals surface area contributed by atoms with E-state index >= 15 is 0 Å². The number of carbonyl (C=O) groups excluding carboxylic acids is 2. The van der Waals surface area contributed by atoms with Gasteiger partial charge in [0.2, 0.25) is 5.91 Å². The molecule has 8 heteroatoms. The maximum atomic E-state index is 12.7. The van der Waals surface area contributed by atoms with Gasteiger partial charge in [0, 0.05) is 51.3 Å². The highest BCUT2D eigenvalue weighted by molar-refractivity contribution is 5.97. The average Bonchev–Trinajstić information content (AvgIpc) is 2.88. The second-order valence-corrected chi connectivity index (χ2v) is 9.67. The van der Waals surface area contributed by atoms with Gasteiger partial charge in [0.15, 0.2) is 5.78 Å². The molecule has 0 aliphatic carbocycles. The molecular formula is C28H34N4O4. The van der Waals surface area contributed by atoms with Crippen LogP contribution in [0, 0.1) is 11.3 Å². The van der Waals surface area contributed by atoms with E-state index in [9.17, 15) is 9.59 Å². The lowest BCUT2D eigenvalue weighted by atomic mass is 9.96. The van der Waals surface area contributed by atoms with Gasteiger partial charge in [0.25, 0.3) is 0 Å². The van der Waals surface area contributed by atoms with Crippen LogP contribution in [0.15, 0.2) is 48.5 Å². The van der Waals surface area contributed by atoms with Crippen LogP contribution in [-0.2, 0) is 9.53 Å². The van der Waals surface area contributed by atoms with Gasteiger partial charge in [0.1, 0.15) is 5.75 Å². The summed E-state index contributed by atoms with van der Waals surface area (Å²) < 4.78 is 11.3. The number of nitrogens with zero attached hydrogens (tertiary/aromatic N) is 3. The van der Waals surface area contributed by atoms with Crippen molar-refractivity contribution in [2.75, 3.05) is 52.9 Å². The van der Waals surface area contributed by atoms with E-state index in [1.807, 2.05) is 43.3 Å². The predicted molar refractivity (Wildman–Crippen MR) is 136 cm³/mol. The summed E-state index contributed by atoms with van der Waals surface area (Å²) in [5, 5.41) is 12.0. The van der Waals surface area contributed by atoms with Crippen molar-refractivity contribution in [1.29, 1.82) is 5.26 Å². The van der Waals surface area contributed by atoms with Gasteiger partial charge in [-0.25, -0.2) is 0 Å². The number of carbonyl (C=O) groups is 2. The van der Waals surface area contributed by atoms with Gasteiger partial charge in [-0.05, 0) is 47.9 Å². The van der Waals surface area contributed by atoms with E-state index < -0.39 is 0 Å². The normalized spacial score (nSPS) is 20.8. The number of morpholine rings is 2. The van der Waals surface area contributed by atoms with E-state index in [1.165, 1.54) is 0 Å². The van der Waals surface area contributed by atoms with E-state index in [0.29, 0.717) is 30.6 Å². The Hall–Kier alpha value is -3.25. The lowest BCUT2D eigenvalue weighted by molar-refractivity contribution is -0.136. The molecule has 2 aliphatic heterocycles. The fourth-order valence-corrected chi connectivity index (χ4v) is 4.95. The Labute approximate surface area is 212 Å². The van der Waals surface area contributed by atoms with Crippen molar-refractivity contribution in [3.63, 3.8) is 0 Å². The number of methoxy groups -OCH3 is 1. The second-order valence-electron chi connectivity index (χ2n) is 9.67. The van der Waals surface area contributed by atoms with Crippen molar-refractivity contribution in [2.45, 2.75) is 31.5 Å². The quantitative estimate of drug-likeness (QED) is 0.511. The van der Waals surface area contributed by atoms with Gasteiger partial charge in [-0.15, -0.1) is 0 Å². The SMILES string of the molecule is COc1ccc(C(=O)CN2CC3CN(CCNC(=O)CC(C)c4ccc(C#N)cc4)CC(C2)O3)cc1. The zero-order chi connectivity index (χ0) is 25.5. The van der Waals surface area contributed by atoms with Gasteiger partial charge in [-0.3, -0.25) is 19.4 Å². The van der Waals surface area contributed by atoms with Crippen molar-refractivity contribution < 1.29 is 19.1 Å². The molecule has 2 aromatic carbocycles. The van der Waals surface area contributed by atoms with Crippen LogP contribution in [0.5, 0.6) is 5.75 Å². The van der Waals surface area contributed by atoms with E-state index in [1.54, 1.807) is 19.2 Å². The standard InChI is InChI=1S/C28H34N4O4/c1-20(22-5-3-21(14-29)4-6-22)13-28(34)30-11-12-31-15-25-17-32(18-26(16-31)36-25)19-27(33)23-7-9-24(35-2)10-8-23/h3-10,20,25-26H,11-13,15-19H2,1-2H3,(H,30,34). The Bertz CT molecular complexity index is 1070. The number of benzene rings is 2. The highest BCUT2D eigenvalue weighted by atomic mass is 16.5. The van der Waals surface area contributed by atoms with Crippen molar-refractivity contribution in [2.24, 2.45) is 0 Å². The predicted octanol–water partition coefficient (Wildman–Crippen LogP) is 2.44. The van der Waals surface area contributed by atoms with Crippen molar-refractivity contribution in [1.82, 2.24) is 15.1 Å². The summed E-state index contributed by atoms with van der Waals surface area (Å²) >= 11 is 0. The average molecular weight is 491 g/mol. The van der Waals surface area contributed by atoms with Crippen LogP contribution in [0.4, 0.5) is 0 Å². The molecule has 4 rings (SSSR count). The molecule has 2 heterocycles. The number of amides is 1. The number of Topliss-reactive ketones (excluding diaryl/α,β-unsaturated/α-hetero) is 1. The van der Waals surface area contributed by atoms with Crippen LogP contribution in [0.3, 0.4) is 0 Å². The summed E-state index contributed by atoms with van der Waals surface area (Å²) in [7, 11) is 1.61. The van der Waals surface area contributed by atoms with Crippen LogP contribution < -0.4 is 10.1 Å². The first kappa shape index (κ1) is 25.8. The molecular weight excluding hydrogens is 456 g/mol. The third-order valence-electron chi connectivity index (χ3n) is 6.86. The number of nitrogens with one attached hydrogen (secondary N) is 1. The van der Waals surface area contributed by atoms with Crippen molar-refractivity contribution >= 4 is 11.7 Å². The van der Waals surface area contributed by atoms with Crippen molar-refractivity contribution in [3.05, 3.63) is 65.2 Å². The number of hydrogen-bond acceptors (Lipinski definition) is 7. The maximum absolute atomic E-state index is 12.7. The Balaban J connectivity index is 1.17. The van der Waals surface area contributed by atoms with Crippen molar-refractivity contribution in [3.8, 4) is 11.8 Å². The fraction of sp³-hybridized carbons (Fsp3) is 0.464. The Kier molecular flexibility index (Phi) is 8.70. The lowest BCUT2D eigenvalue weighted by Gasteiger charge is -2.45. The van der Waals surface area contributed by atoms with Crippen LogP contribution in [0.25, 0.3) is 0 Å². The summed E-state index contributed by atoms with van der Waals surface area (Å²) in [6, 6.07) is 16.8.